The van der Waals surface area contributed by atoms with Crippen LogP contribution in [0.3, 0.4) is 0 Å². The molecular weight excluding hydrogens is 331 g/mol. The van der Waals surface area contributed by atoms with E-state index in [0.29, 0.717) is 13.1 Å². The molecular formula is C21H31FN2O2. The number of carbonyl (C=O) groups excluding carboxylic acids is 2. The molecule has 0 heterocycles. The summed E-state index contributed by atoms with van der Waals surface area (Å²) in [6.45, 7) is 6.64. The van der Waals surface area contributed by atoms with Gasteiger partial charge in [-0.25, -0.2) is 4.39 Å². The smallest absolute Gasteiger partial charge is 0.245 e. The van der Waals surface area contributed by atoms with E-state index in [2.05, 4.69) is 5.32 Å². The summed E-state index contributed by atoms with van der Waals surface area (Å²) >= 11 is 0. The van der Waals surface area contributed by atoms with Crippen LogP contribution in [0.4, 0.5) is 4.39 Å². The van der Waals surface area contributed by atoms with Crippen LogP contribution in [0.2, 0.25) is 0 Å². The third kappa shape index (κ3) is 5.55. The van der Waals surface area contributed by atoms with E-state index in [-0.39, 0.29) is 29.5 Å². The lowest BCUT2D eigenvalue weighted by Gasteiger charge is -2.31. The first kappa shape index (κ1) is 20.4. The van der Waals surface area contributed by atoms with Crippen LogP contribution in [0, 0.1) is 17.7 Å². The lowest BCUT2D eigenvalue weighted by Crippen LogP contribution is -2.52. The first-order chi connectivity index (χ1) is 12.4. The maximum absolute atomic E-state index is 13.4. The van der Waals surface area contributed by atoms with Crippen molar-refractivity contribution in [1.29, 1.82) is 0 Å². The van der Waals surface area contributed by atoms with Gasteiger partial charge in [-0.15, -0.1) is 0 Å². The van der Waals surface area contributed by atoms with Gasteiger partial charge in [0.15, 0.2) is 0 Å². The summed E-state index contributed by atoms with van der Waals surface area (Å²) in [5.41, 5.74) is 0.751. The Kier molecular flexibility index (Phi) is 7.61. The number of halogens is 1. The van der Waals surface area contributed by atoms with Crippen LogP contribution < -0.4 is 5.32 Å². The van der Waals surface area contributed by atoms with Gasteiger partial charge in [0, 0.05) is 19.0 Å². The van der Waals surface area contributed by atoms with Crippen molar-refractivity contribution < 1.29 is 14.0 Å². The third-order valence-corrected chi connectivity index (χ3v) is 5.16. The monoisotopic (exact) mass is 362 g/mol. The number of hydrogen-bond acceptors (Lipinski definition) is 2. The maximum atomic E-state index is 13.4. The van der Waals surface area contributed by atoms with Crippen LogP contribution in [0.25, 0.3) is 0 Å². The Hall–Kier alpha value is -1.91. The molecule has 1 aliphatic carbocycles. The third-order valence-electron chi connectivity index (χ3n) is 5.16. The zero-order valence-corrected chi connectivity index (χ0v) is 16.1. The molecule has 144 valence electrons. The van der Waals surface area contributed by atoms with Crippen molar-refractivity contribution in [2.45, 2.75) is 65.5 Å². The Morgan fingerprint density at radius 3 is 2.50 bits per heavy atom. The van der Waals surface area contributed by atoms with Gasteiger partial charge >= 0.3 is 0 Å². The molecule has 0 spiro atoms. The van der Waals surface area contributed by atoms with Crippen molar-refractivity contribution in [1.82, 2.24) is 10.2 Å². The fourth-order valence-corrected chi connectivity index (χ4v) is 3.55. The minimum absolute atomic E-state index is 0.00133. The van der Waals surface area contributed by atoms with Crippen LogP contribution in [0.1, 0.15) is 58.4 Å². The van der Waals surface area contributed by atoms with Gasteiger partial charge in [-0.05, 0) is 43.4 Å². The second-order valence-electron chi connectivity index (χ2n) is 7.55. The highest BCUT2D eigenvalue weighted by Gasteiger charge is 2.31. The average Bonchev–Trinajstić information content (AvgIpc) is 2.64. The van der Waals surface area contributed by atoms with Gasteiger partial charge in [-0.2, -0.15) is 0 Å². The Morgan fingerprint density at radius 2 is 1.92 bits per heavy atom. The molecule has 1 atom stereocenters. The minimum Gasteiger partial charge on any atom is -0.344 e. The molecule has 0 radical (unpaired) electrons. The topological polar surface area (TPSA) is 49.4 Å². The van der Waals surface area contributed by atoms with E-state index >= 15 is 0 Å². The highest BCUT2D eigenvalue weighted by molar-refractivity contribution is 5.88. The predicted octanol–water partition coefficient (Wildman–Crippen LogP) is 3.90. The van der Waals surface area contributed by atoms with Crippen LogP contribution >= 0.6 is 0 Å². The summed E-state index contributed by atoms with van der Waals surface area (Å²) < 4.78 is 13.4. The molecule has 1 aliphatic rings. The SMILES string of the molecule is CCN(Cc1cccc(F)c1)C(=O)C(NC(=O)C1CCCCC1)C(C)C. The molecule has 0 aromatic heterocycles. The molecule has 4 nitrogen and oxygen atoms in total. The van der Waals surface area contributed by atoms with Gasteiger partial charge in [-0.3, -0.25) is 9.59 Å². The van der Waals surface area contributed by atoms with Gasteiger partial charge < -0.3 is 10.2 Å². The van der Waals surface area contributed by atoms with Crippen LogP contribution in [-0.4, -0.2) is 29.3 Å². The molecule has 26 heavy (non-hydrogen) atoms. The molecule has 2 amide bonds. The highest BCUT2D eigenvalue weighted by Crippen LogP contribution is 2.24. The van der Waals surface area contributed by atoms with Crippen molar-refractivity contribution in [3.8, 4) is 0 Å². The van der Waals surface area contributed by atoms with Crippen molar-refractivity contribution in [3.05, 3.63) is 35.6 Å². The Morgan fingerprint density at radius 1 is 1.23 bits per heavy atom. The highest BCUT2D eigenvalue weighted by atomic mass is 19.1. The molecule has 1 fully saturated rings. The number of benzene rings is 1. The molecule has 0 bridgehead atoms. The summed E-state index contributed by atoms with van der Waals surface area (Å²) in [6, 6.07) is 5.75. The number of likely N-dealkylation sites (N-methyl/N-ethyl adjacent to an activating group) is 1. The molecule has 5 heteroatoms. The van der Waals surface area contributed by atoms with Gasteiger partial charge in [0.1, 0.15) is 11.9 Å². The Labute approximate surface area is 156 Å². The maximum Gasteiger partial charge on any atom is 0.245 e. The summed E-state index contributed by atoms with van der Waals surface area (Å²) in [5, 5.41) is 2.99. The zero-order chi connectivity index (χ0) is 19.1. The van der Waals surface area contributed by atoms with Crippen LogP contribution in [-0.2, 0) is 16.1 Å². The van der Waals surface area contributed by atoms with Crippen molar-refractivity contribution >= 4 is 11.8 Å². The summed E-state index contributed by atoms with van der Waals surface area (Å²) in [4.78, 5) is 27.3. The van der Waals surface area contributed by atoms with E-state index < -0.39 is 6.04 Å². The molecule has 2 rings (SSSR count). The molecule has 1 N–H and O–H groups in total. The molecule has 0 saturated heterocycles. The predicted molar refractivity (Wildman–Crippen MR) is 101 cm³/mol. The van der Waals surface area contributed by atoms with E-state index in [9.17, 15) is 14.0 Å². The lowest BCUT2D eigenvalue weighted by molar-refractivity contribution is -0.139. The average molecular weight is 362 g/mol. The van der Waals surface area contributed by atoms with Gasteiger partial charge in [-0.1, -0.05) is 45.2 Å². The first-order valence-corrected chi connectivity index (χ1v) is 9.76. The fourth-order valence-electron chi connectivity index (χ4n) is 3.55. The molecule has 1 saturated carbocycles. The largest absolute Gasteiger partial charge is 0.344 e. The van der Waals surface area contributed by atoms with Crippen molar-refractivity contribution in [3.63, 3.8) is 0 Å². The molecule has 1 aromatic rings. The van der Waals surface area contributed by atoms with E-state index in [0.717, 1.165) is 31.2 Å². The fraction of sp³-hybridized carbons (Fsp3) is 0.619. The van der Waals surface area contributed by atoms with Gasteiger partial charge in [0.2, 0.25) is 11.8 Å². The molecule has 1 aromatic carbocycles. The lowest BCUT2D eigenvalue weighted by atomic mass is 9.88. The normalized spacial score (nSPS) is 16.3. The number of amides is 2. The van der Waals surface area contributed by atoms with E-state index in [1.54, 1.807) is 11.0 Å². The van der Waals surface area contributed by atoms with Gasteiger partial charge in [0.25, 0.3) is 0 Å². The number of hydrogen-bond donors (Lipinski definition) is 1. The first-order valence-electron chi connectivity index (χ1n) is 9.76. The number of nitrogens with zero attached hydrogens (tertiary/aromatic N) is 1. The van der Waals surface area contributed by atoms with E-state index in [4.69, 9.17) is 0 Å². The number of nitrogens with one attached hydrogen (secondary N) is 1. The molecule has 1 unspecified atom stereocenters. The second-order valence-corrected chi connectivity index (χ2v) is 7.55. The van der Waals surface area contributed by atoms with E-state index in [1.165, 1.54) is 18.6 Å². The zero-order valence-electron chi connectivity index (χ0n) is 16.1. The number of carbonyl (C=O) groups is 2. The van der Waals surface area contributed by atoms with Gasteiger partial charge in [0.05, 0.1) is 0 Å². The summed E-state index contributed by atoms with van der Waals surface area (Å²) in [5.74, 6) is -0.390. The summed E-state index contributed by atoms with van der Waals surface area (Å²) in [7, 11) is 0. The quantitative estimate of drug-likeness (QED) is 0.800. The second kappa shape index (κ2) is 9.70. The van der Waals surface area contributed by atoms with Crippen molar-refractivity contribution in [2.24, 2.45) is 11.8 Å². The summed E-state index contributed by atoms with van der Waals surface area (Å²) in [6.07, 6.45) is 5.17. The number of rotatable bonds is 7. The van der Waals surface area contributed by atoms with Crippen LogP contribution in [0.15, 0.2) is 24.3 Å². The van der Waals surface area contributed by atoms with Crippen LogP contribution in [0.5, 0.6) is 0 Å². The van der Waals surface area contributed by atoms with Crippen molar-refractivity contribution in [2.75, 3.05) is 6.54 Å². The standard InChI is InChI=1S/C21H31FN2O2/c1-4-24(14-16-9-8-12-18(22)13-16)21(26)19(15(2)3)23-20(25)17-10-6-5-7-11-17/h8-9,12-13,15,17,19H,4-7,10-11,14H2,1-3H3,(H,23,25). The molecule has 0 aliphatic heterocycles. The Bertz CT molecular complexity index is 612. The Balaban J connectivity index is 2.05. The minimum atomic E-state index is -0.544. The van der Waals surface area contributed by atoms with E-state index in [1.807, 2.05) is 26.8 Å².